The van der Waals surface area contributed by atoms with Crippen molar-refractivity contribution in [2.45, 2.75) is 100 Å². The molecule has 1 aromatic heterocycles. The van der Waals surface area contributed by atoms with Gasteiger partial charge in [-0.2, -0.15) is 0 Å². The summed E-state index contributed by atoms with van der Waals surface area (Å²) in [5.74, 6) is 5.05. The van der Waals surface area contributed by atoms with Gasteiger partial charge in [0.2, 0.25) is 0 Å². The number of aromatic nitrogens is 3. The Morgan fingerprint density at radius 2 is 1.57 bits per heavy atom. The molecule has 0 spiro atoms. The predicted molar refractivity (Wildman–Crippen MR) is 301 cm³/mol. The maximum absolute atomic E-state index is 5.36. The van der Waals surface area contributed by atoms with Crippen LogP contribution in [0, 0.1) is 50.4 Å². The van der Waals surface area contributed by atoms with E-state index in [2.05, 4.69) is 237 Å². The van der Waals surface area contributed by atoms with Gasteiger partial charge in [-0.25, -0.2) is 15.0 Å². The molecule has 0 amide bonds. The van der Waals surface area contributed by atoms with E-state index in [0.717, 1.165) is 55.2 Å². The van der Waals surface area contributed by atoms with Crippen molar-refractivity contribution in [1.82, 2.24) is 19.9 Å². The van der Waals surface area contributed by atoms with Gasteiger partial charge in [0.15, 0.2) is 5.82 Å². The Hall–Kier alpha value is -7.31. The first kappa shape index (κ1) is 44.2. The van der Waals surface area contributed by atoms with Crippen molar-refractivity contribution in [2.24, 2.45) is 29.6 Å². The summed E-state index contributed by atoms with van der Waals surface area (Å²) in [6.07, 6.45) is 58.5. The predicted octanol–water partition coefficient (Wildman–Crippen LogP) is 14.6. The number of fused-ring (bicyclic) bond motifs is 4. The highest BCUT2D eigenvalue weighted by atomic mass is 15.3. The van der Waals surface area contributed by atoms with Crippen molar-refractivity contribution in [1.29, 1.82) is 0 Å². The zero-order chi connectivity index (χ0) is 49.8. The van der Waals surface area contributed by atoms with Crippen molar-refractivity contribution in [3.8, 4) is 0 Å². The van der Waals surface area contributed by atoms with E-state index in [1.54, 1.807) is 0 Å². The SMILES string of the molecule is C=CC1CC1(/C=C\C)c1nc(Cc2cc(C)c(N3c4ccc(N(c5ccccc5)C56C=CC=CC5C6)cc4C45C=C(N(C6=CCC=CC=C6)C67C=CC=CC6C7)C=CC34C5)c(C)c2C)nc(C2=CC3CC3C=C2)n1. The fourth-order valence-electron chi connectivity index (χ4n) is 14.9. The molecule has 5 fully saturated rings. The summed E-state index contributed by atoms with van der Waals surface area (Å²) in [5.41, 5.74) is 14.5. The molecule has 2 heterocycles. The summed E-state index contributed by atoms with van der Waals surface area (Å²) >= 11 is 0. The Morgan fingerprint density at radius 1 is 0.757 bits per heavy atom. The molecular weight excluding hydrogens is 901 g/mol. The van der Waals surface area contributed by atoms with E-state index in [0.29, 0.717) is 36.0 Å². The first-order valence-electron chi connectivity index (χ1n) is 27.4. The van der Waals surface area contributed by atoms with Gasteiger partial charge in [-0.3, -0.25) is 0 Å². The molecule has 74 heavy (non-hydrogen) atoms. The van der Waals surface area contributed by atoms with Crippen LogP contribution in [0.15, 0.2) is 206 Å². The first-order valence-corrected chi connectivity index (χ1v) is 27.4. The van der Waals surface area contributed by atoms with Crippen molar-refractivity contribution < 1.29 is 0 Å². The number of nitrogens with zero attached hydrogens (tertiary/aromatic N) is 6. The van der Waals surface area contributed by atoms with E-state index in [-0.39, 0.29) is 27.4 Å². The molecule has 0 N–H and O–H groups in total. The molecule has 1 aliphatic heterocycles. The molecule has 6 heteroatoms. The summed E-state index contributed by atoms with van der Waals surface area (Å²) in [6.45, 7) is 13.3. The van der Waals surface area contributed by atoms with Crippen LogP contribution in [0.1, 0.15) is 90.7 Å². The number of anilines is 4. The summed E-state index contributed by atoms with van der Waals surface area (Å²) in [7, 11) is 0. The Labute approximate surface area is 437 Å². The highest BCUT2D eigenvalue weighted by Crippen LogP contribution is 2.75. The van der Waals surface area contributed by atoms with Crippen LogP contribution in [0.5, 0.6) is 0 Å². The van der Waals surface area contributed by atoms with Crippen LogP contribution in [0.25, 0.3) is 5.57 Å². The summed E-state index contributed by atoms with van der Waals surface area (Å²) < 4.78 is 0. The van der Waals surface area contributed by atoms with E-state index < -0.39 is 0 Å². The second-order valence-corrected chi connectivity index (χ2v) is 23.4. The first-order chi connectivity index (χ1) is 36.1. The third-order valence-corrected chi connectivity index (χ3v) is 19.3. The van der Waals surface area contributed by atoms with Gasteiger partial charge in [0.25, 0.3) is 0 Å². The molecule has 0 saturated heterocycles. The minimum absolute atomic E-state index is 0.0746. The van der Waals surface area contributed by atoms with Gasteiger partial charge in [-0.15, -0.1) is 6.58 Å². The van der Waals surface area contributed by atoms with Crippen LogP contribution >= 0.6 is 0 Å². The monoisotopic (exact) mass is 965 g/mol. The van der Waals surface area contributed by atoms with Gasteiger partial charge >= 0.3 is 0 Å². The molecule has 11 aliphatic rings. The van der Waals surface area contributed by atoms with Gasteiger partial charge in [-0.1, -0.05) is 140 Å². The lowest BCUT2D eigenvalue weighted by Gasteiger charge is -2.39. The van der Waals surface area contributed by atoms with Crippen LogP contribution < -0.4 is 9.80 Å². The number of rotatable bonds is 13. The van der Waals surface area contributed by atoms with E-state index in [1.807, 2.05) is 0 Å². The van der Waals surface area contributed by atoms with Crippen LogP contribution in [-0.2, 0) is 17.3 Å². The number of hydrogen-bond donors (Lipinski definition) is 0. The maximum atomic E-state index is 5.36. The lowest BCUT2D eigenvalue weighted by atomic mass is 9.87. The van der Waals surface area contributed by atoms with Gasteiger partial charge in [-0.05, 0) is 160 Å². The maximum Gasteiger partial charge on any atom is 0.163 e. The van der Waals surface area contributed by atoms with Crippen LogP contribution in [0.4, 0.5) is 22.7 Å². The Balaban J connectivity index is 0.864. The van der Waals surface area contributed by atoms with Crippen molar-refractivity contribution in [3.05, 3.63) is 252 Å². The van der Waals surface area contributed by atoms with Gasteiger partial charge in [0, 0.05) is 63.4 Å². The standard InChI is InChI=1S/C68H64N6/c1-6-30-64(39-51(64)7-2)63-70-60(69-62(71-63)48-26-25-47-35-50(47)36-48)37-49-34-44(3)61(46(5)45(49)4)74-59-28-27-56(72(54-23-13-10-14-24-54)66-31-17-15-19-52(66)40-66)38-58(59)65-42-57(29-33-68(65,74)43-65)73(55-21-11-8-9-12-22-55)67-32-18-16-20-53(67)41-67/h6-11,13-34,36,38,42,47,50-53H,2,12,35,37,39-41,43H2,1,3-5H3/b30-6-. The molecule has 366 valence electrons. The Kier molecular flexibility index (Phi) is 9.33. The van der Waals surface area contributed by atoms with Crippen molar-refractivity contribution in [2.75, 3.05) is 9.80 Å². The Bertz CT molecular complexity index is 3530. The molecular formula is C68H64N6. The Morgan fingerprint density at radius 3 is 2.32 bits per heavy atom. The number of hydrogen-bond acceptors (Lipinski definition) is 6. The summed E-state index contributed by atoms with van der Waals surface area (Å²) in [4.78, 5) is 24.0. The minimum atomic E-state index is -0.261. The molecule has 0 radical (unpaired) electrons. The fraction of sp³-hybridized carbons (Fsp3) is 0.309. The van der Waals surface area contributed by atoms with E-state index in [4.69, 9.17) is 15.0 Å². The fourth-order valence-corrected chi connectivity index (χ4v) is 14.9. The number of benzene rings is 3. The molecule has 10 unspecified atom stereocenters. The third kappa shape index (κ3) is 6.26. The number of para-hydroxylation sites is 1. The lowest BCUT2D eigenvalue weighted by Crippen LogP contribution is -2.39. The molecule has 5 saturated carbocycles. The molecule has 10 aliphatic carbocycles. The highest BCUT2D eigenvalue weighted by Gasteiger charge is 2.76. The highest BCUT2D eigenvalue weighted by molar-refractivity contribution is 5.90. The molecule has 4 aromatic rings. The van der Waals surface area contributed by atoms with Crippen LogP contribution in [0.3, 0.4) is 0 Å². The third-order valence-electron chi connectivity index (χ3n) is 19.3. The zero-order valence-electron chi connectivity index (χ0n) is 43.1. The average Bonchev–Trinajstić information content (AvgIpc) is 4.26. The average molecular weight is 965 g/mol. The van der Waals surface area contributed by atoms with Gasteiger partial charge in [0.1, 0.15) is 11.6 Å². The molecule has 15 rings (SSSR count). The van der Waals surface area contributed by atoms with E-state index >= 15 is 0 Å². The second kappa shape index (κ2) is 15.6. The van der Waals surface area contributed by atoms with Gasteiger partial charge in [0.05, 0.1) is 22.0 Å². The smallest absolute Gasteiger partial charge is 0.163 e. The molecule has 3 aromatic carbocycles. The summed E-state index contributed by atoms with van der Waals surface area (Å²) in [5, 5.41) is 0. The molecule has 10 atom stereocenters. The topological polar surface area (TPSA) is 48.4 Å². The normalized spacial score (nSPS) is 33.9. The van der Waals surface area contributed by atoms with E-state index in [1.165, 1.54) is 68.4 Å². The van der Waals surface area contributed by atoms with E-state index in [9.17, 15) is 0 Å². The quantitative estimate of drug-likeness (QED) is 0.124. The molecule has 6 nitrogen and oxygen atoms in total. The second-order valence-electron chi connectivity index (χ2n) is 23.4. The summed E-state index contributed by atoms with van der Waals surface area (Å²) in [6, 6.07) is 21.0. The van der Waals surface area contributed by atoms with Gasteiger partial charge < -0.3 is 14.7 Å². The van der Waals surface area contributed by atoms with Crippen molar-refractivity contribution >= 4 is 28.3 Å². The number of allylic oxidation sites excluding steroid dienone is 17. The number of aryl methyl sites for hydroxylation is 1. The van der Waals surface area contributed by atoms with Crippen LogP contribution in [0.2, 0.25) is 0 Å². The lowest BCUT2D eigenvalue weighted by molar-refractivity contribution is 0.344. The van der Waals surface area contributed by atoms with Crippen LogP contribution in [-0.4, -0.2) is 36.5 Å². The largest absolute Gasteiger partial charge is 0.332 e. The minimum Gasteiger partial charge on any atom is -0.332 e. The van der Waals surface area contributed by atoms with Crippen molar-refractivity contribution in [3.63, 3.8) is 0 Å². The zero-order valence-corrected chi connectivity index (χ0v) is 43.1. The molecule has 0 bridgehead atoms.